The summed E-state index contributed by atoms with van der Waals surface area (Å²) in [6, 6.07) is 19.7. The second-order valence-electron chi connectivity index (χ2n) is 6.64. The number of fused-ring (bicyclic) bond motifs is 1. The van der Waals surface area contributed by atoms with E-state index in [1.165, 1.54) is 11.3 Å². The lowest BCUT2D eigenvalue weighted by molar-refractivity contribution is 0.102. The van der Waals surface area contributed by atoms with Crippen molar-refractivity contribution in [3.05, 3.63) is 78.0 Å². The molecule has 4 rings (SSSR count). The van der Waals surface area contributed by atoms with Crippen molar-refractivity contribution in [2.75, 3.05) is 17.3 Å². The number of ether oxygens (including phenoxy) is 1. The van der Waals surface area contributed by atoms with Crippen LogP contribution in [0.3, 0.4) is 0 Å². The molecular formula is C22H21N3O2. The summed E-state index contributed by atoms with van der Waals surface area (Å²) in [5.41, 5.74) is 3.75. The van der Waals surface area contributed by atoms with Crippen LogP contribution < -0.4 is 15.0 Å². The molecular weight excluding hydrogens is 338 g/mol. The minimum absolute atomic E-state index is 0.186. The molecule has 0 spiro atoms. The van der Waals surface area contributed by atoms with Crippen molar-refractivity contribution in [1.82, 2.24) is 4.98 Å². The number of carbonyl (C=O) groups is 1. The van der Waals surface area contributed by atoms with Gasteiger partial charge in [0.15, 0.2) is 0 Å². The topological polar surface area (TPSA) is 54.5 Å². The van der Waals surface area contributed by atoms with Crippen molar-refractivity contribution in [2.24, 2.45) is 0 Å². The predicted molar refractivity (Wildman–Crippen MR) is 107 cm³/mol. The molecule has 27 heavy (non-hydrogen) atoms. The zero-order valence-electron chi connectivity index (χ0n) is 15.3. The number of pyridine rings is 1. The van der Waals surface area contributed by atoms with Crippen LogP contribution in [0.5, 0.6) is 5.75 Å². The van der Waals surface area contributed by atoms with Gasteiger partial charge in [0.2, 0.25) is 0 Å². The van der Waals surface area contributed by atoms with Crippen LogP contribution in [-0.4, -0.2) is 24.0 Å². The Labute approximate surface area is 158 Å². The second-order valence-corrected chi connectivity index (χ2v) is 6.64. The van der Waals surface area contributed by atoms with Gasteiger partial charge in [-0.3, -0.25) is 4.79 Å². The maximum atomic E-state index is 12.5. The van der Waals surface area contributed by atoms with Crippen LogP contribution in [0.25, 0.3) is 0 Å². The van der Waals surface area contributed by atoms with E-state index < -0.39 is 0 Å². The van der Waals surface area contributed by atoms with Crippen LogP contribution in [0.15, 0.2) is 66.9 Å². The molecule has 0 saturated carbocycles. The molecule has 1 N–H and O–H groups in total. The highest BCUT2D eigenvalue weighted by Gasteiger charge is 2.27. The fourth-order valence-electron chi connectivity index (χ4n) is 3.46. The van der Waals surface area contributed by atoms with E-state index in [1.54, 1.807) is 25.4 Å². The van der Waals surface area contributed by atoms with Gasteiger partial charge in [0.1, 0.15) is 11.6 Å². The lowest BCUT2D eigenvalue weighted by atomic mass is 10.1. The summed E-state index contributed by atoms with van der Waals surface area (Å²) < 4.78 is 5.13. The number of carbonyl (C=O) groups excluding carboxylic acids is 1. The first-order valence-corrected chi connectivity index (χ1v) is 8.94. The van der Waals surface area contributed by atoms with Crippen molar-refractivity contribution < 1.29 is 9.53 Å². The molecule has 5 heteroatoms. The standard InChI is InChI=1S/C22H21N3O2/c1-15-13-16-5-3-4-6-20(16)25(15)21-12-7-17(14-23-21)22(26)24-18-8-10-19(27-2)11-9-18/h3-12,14-15H,13H2,1-2H3,(H,24,26). The van der Waals surface area contributed by atoms with Gasteiger partial charge in [0.25, 0.3) is 5.91 Å². The normalized spacial score (nSPS) is 15.3. The maximum Gasteiger partial charge on any atom is 0.257 e. The van der Waals surface area contributed by atoms with Gasteiger partial charge < -0.3 is 15.0 Å². The summed E-state index contributed by atoms with van der Waals surface area (Å²) in [5.74, 6) is 1.42. The van der Waals surface area contributed by atoms with Crippen LogP contribution in [0, 0.1) is 0 Å². The van der Waals surface area contributed by atoms with Crippen LogP contribution in [-0.2, 0) is 6.42 Å². The monoisotopic (exact) mass is 359 g/mol. The number of methoxy groups -OCH3 is 1. The van der Waals surface area contributed by atoms with E-state index in [0.717, 1.165) is 18.0 Å². The van der Waals surface area contributed by atoms with E-state index in [4.69, 9.17) is 4.74 Å². The Morgan fingerprint density at radius 2 is 1.89 bits per heavy atom. The number of anilines is 3. The SMILES string of the molecule is COc1ccc(NC(=O)c2ccc(N3c4ccccc4CC3C)nc2)cc1. The van der Waals surface area contributed by atoms with Crippen molar-refractivity contribution in [3.63, 3.8) is 0 Å². The van der Waals surface area contributed by atoms with Gasteiger partial charge in [-0.05, 0) is 61.4 Å². The van der Waals surface area contributed by atoms with E-state index in [0.29, 0.717) is 17.3 Å². The zero-order chi connectivity index (χ0) is 18.8. The fourth-order valence-corrected chi connectivity index (χ4v) is 3.46. The molecule has 5 nitrogen and oxygen atoms in total. The Morgan fingerprint density at radius 1 is 1.11 bits per heavy atom. The van der Waals surface area contributed by atoms with E-state index in [9.17, 15) is 4.79 Å². The second kappa shape index (κ2) is 7.11. The van der Waals surface area contributed by atoms with Gasteiger partial charge >= 0.3 is 0 Å². The Bertz CT molecular complexity index is 952. The third kappa shape index (κ3) is 3.36. The summed E-state index contributed by atoms with van der Waals surface area (Å²) in [5, 5.41) is 2.87. The molecule has 0 aliphatic carbocycles. The van der Waals surface area contributed by atoms with Gasteiger partial charge in [-0.1, -0.05) is 18.2 Å². The first-order chi connectivity index (χ1) is 13.2. The average Bonchev–Trinajstić information content (AvgIpc) is 3.04. The minimum atomic E-state index is -0.186. The molecule has 2 heterocycles. The maximum absolute atomic E-state index is 12.5. The number of rotatable bonds is 4. The number of hydrogen-bond donors (Lipinski definition) is 1. The molecule has 1 atom stereocenters. The molecule has 1 aromatic heterocycles. The number of hydrogen-bond acceptors (Lipinski definition) is 4. The van der Waals surface area contributed by atoms with E-state index >= 15 is 0 Å². The number of amides is 1. The predicted octanol–water partition coefficient (Wildman–Crippen LogP) is 4.43. The molecule has 3 aromatic rings. The highest BCUT2D eigenvalue weighted by atomic mass is 16.5. The summed E-state index contributed by atoms with van der Waals surface area (Å²) in [7, 11) is 1.61. The molecule has 1 amide bonds. The van der Waals surface area contributed by atoms with Crippen LogP contribution in [0.1, 0.15) is 22.8 Å². The van der Waals surface area contributed by atoms with Crippen LogP contribution >= 0.6 is 0 Å². The third-order valence-corrected chi connectivity index (χ3v) is 4.81. The molecule has 1 aliphatic heterocycles. The van der Waals surface area contributed by atoms with E-state index in [1.807, 2.05) is 30.3 Å². The quantitative estimate of drug-likeness (QED) is 0.749. The molecule has 1 aliphatic rings. The molecule has 0 fully saturated rings. The lowest BCUT2D eigenvalue weighted by Crippen LogP contribution is -2.25. The Kier molecular flexibility index (Phi) is 4.50. The highest BCUT2D eigenvalue weighted by Crippen LogP contribution is 2.36. The summed E-state index contributed by atoms with van der Waals surface area (Å²) >= 11 is 0. The first-order valence-electron chi connectivity index (χ1n) is 8.94. The number of aromatic nitrogens is 1. The Balaban J connectivity index is 1.51. The Hall–Kier alpha value is -3.34. The molecule has 0 saturated heterocycles. The first kappa shape index (κ1) is 17.1. The molecule has 0 radical (unpaired) electrons. The smallest absolute Gasteiger partial charge is 0.257 e. The van der Waals surface area contributed by atoms with E-state index in [2.05, 4.69) is 40.3 Å². The average molecular weight is 359 g/mol. The van der Waals surface area contributed by atoms with Crippen molar-refractivity contribution in [1.29, 1.82) is 0 Å². The molecule has 0 bridgehead atoms. The number of para-hydroxylation sites is 1. The van der Waals surface area contributed by atoms with Crippen molar-refractivity contribution in [2.45, 2.75) is 19.4 Å². The third-order valence-electron chi connectivity index (χ3n) is 4.81. The highest BCUT2D eigenvalue weighted by molar-refractivity contribution is 6.04. The molecule has 1 unspecified atom stereocenters. The van der Waals surface area contributed by atoms with E-state index in [-0.39, 0.29) is 5.91 Å². The van der Waals surface area contributed by atoms with Crippen LogP contribution in [0.2, 0.25) is 0 Å². The zero-order valence-corrected chi connectivity index (χ0v) is 15.3. The number of nitrogens with one attached hydrogen (secondary N) is 1. The van der Waals surface area contributed by atoms with Crippen molar-refractivity contribution >= 4 is 23.1 Å². The lowest BCUT2D eigenvalue weighted by Gasteiger charge is -2.23. The van der Waals surface area contributed by atoms with Gasteiger partial charge in [-0.25, -0.2) is 4.98 Å². The van der Waals surface area contributed by atoms with Gasteiger partial charge in [0.05, 0.1) is 12.7 Å². The number of benzene rings is 2. The largest absolute Gasteiger partial charge is 0.497 e. The summed E-state index contributed by atoms with van der Waals surface area (Å²) in [6.45, 7) is 2.19. The van der Waals surface area contributed by atoms with Crippen molar-refractivity contribution in [3.8, 4) is 5.75 Å². The Morgan fingerprint density at radius 3 is 2.59 bits per heavy atom. The number of nitrogens with zero attached hydrogens (tertiary/aromatic N) is 2. The summed E-state index contributed by atoms with van der Waals surface area (Å²) in [4.78, 5) is 19.2. The van der Waals surface area contributed by atoms with Gasteiger partial charge in [-0.15, -0.1) is 0 Å². The van der Waals surface area contributed by atoms with Gasteiger partial charge in [0, 0.05) is 23.6 Å². The molecule has 2 aromatic carbocycles. The van der Waals surface area contributed by atoms with Crippen LogP contribution in [0.4, 0.5) is 17.2 Å². The summed E-state index contributed by atoms with van der Waals surface area (Å²) in [6.07, 6.45) is 2.62. The minimum Gasteiger partial charge on any atom is -0.497 e. The van der Waals surface area contributed by atoms with Gasteiger partial charge in [-0.2, -0.15) is 0 Å². The fraction of sp³-hybridized carbons (Fsp3) is 0.182. The molecule has 136 valence electrons.